The molecule has 0 atom stereocenters. The summed E-state index contributed by atoms with van der Waals surface area (Å²) >= 11 is 0. The van der Waals surface area contributed by atoms with Crippen molar-refractivity contribution in [1.82, 2.24) is 24.6 Å². The average Bonchev–Trinajstić information content (AvgIpc) is 3.09. The Balaban J connectivity index is 1.52. The monoisotopic (exact) mass is 381 g/mol. The molecule has 3 aromatic rings. The van der Waals surface area contributed by atoms with E-state index in [2.05, 4.69) is 46.8 Å². The summed E-state index contributed by atoms with van der Waals surface area (Å²) < 4.78 is 4.24. The van der Waals surface area contributed by atoms with Crippen molar-refractivity contribution >= 4 is 16.9 Å². The second-order valence-electron chi connectivity index (χ2n) is 7.90. The van der Waals surface area contributed by atoms with Crippen LogP contribution >= 0.6 is 0 Å². The van der Waals surface area contributed by atoms with Crippen molar-refractivity contribution in [2.24, 2.45) is 5.92 Å². The van der Waals surface area contributed by atoms with Crippen LogP contribution in [0.2, 0.25) is 0 Å². The summed E-state index contributed by atoms with van der Waals surface area (Å²) in [6.07, 6.45) is 1.26. The number of imidazole rings is 1. The topological polar surface area (TPSA) is 64.7 Å². The van der Waals surface area contributed by atoms with Gasteiger partial charge in [0.25, 0.3) is 0 Å². The van der Waals surface area contributed by atoms with E-state index in [-0.39, 0.29) is 5.91 Å². The second kappa shape index (κ2) is 8.59. The van der Waals surface area contributed by atoms with E-state index < -0.39 is 0 Å². The first-order valence-electron chi connectivity index (χ1n) is 10.1. The standard InChI is InChI=1S/C22H31N5O/c1-15(2)14-27-17(4)19(16(3)25-27)13-22(28)23-11-8-12-26-18(5)24-20-9-6-7-10-21(20)26/h6-7,9-10,15H,8,11-14H2,1-5H3,(H,23,28). The van der Waals surface area contributed by atoms with Crippen LogP contribution in [0.25, 0.3) is 11.0 Å². The van der Waals surface area contributed by atoms with Crippen molar-refractivity contribution in [3.63, 3.8) is 0 Å². The molecule has 0 aliphatic heterocycles. The van der Waals surface area contributed by atoms with Crippen molar-refractivity contribution in [2.45, 2.75) is 60.5 Å². The Bertz CT molecular complexity index is 967. The van der Waals surface area contributed by atoms with Crippen molar-refractivity contribution in [2.75, 3.05) is 6.54 Å². The highest BCUT2D eigenvalue weighted by atomic mass is 16.1. The zero-order chi connectivity index (χ0) is 20.3. The van der Waals surface area contributed by atoms with E-state index in [1.807, 2.05) is 36.7 Å². The number of fused-ring (bicyclic) bond motifs is 1. The van der Waals surface area contributed by atoms with Gasteiger partial charge in [-0.1, -0.05) is 26.0 Å². The minimum atomic E-state index is 0.0579. The SMILES string of the molecule is Cc1nn(CC(C)C)c(C)c1CC(=O)NCCCn1c(C)nc2ccccc21. The molecule has 0 spiro atoms. The van der Waals surface area contributed by atoms with Gasteiger partial charge in [0.15, 0.2) is 0 Å². The molecule has 6 heteroatoms. The Hall–Kier alpha value is -2.63. The predicted molar refractivity (Wildman–Crippen MR) is 112 cm³/mol. The lowest BCUT2D eigenvalue weighted by molar-refractivity contribution is -0.120. The number of carbonyl (C=O) groups excluding carboxylic acids is 1. The summed E-state index contributed by atoms with van der Waals surface area (Å²) in [4.78, 5) is 17.0. The molecule has 0 fully saturated rings. The van der Waals surface area contributed by atoms with Gasteiger partial charge in [-0.3, -0.25) is 9.48 Å². The van der Waals surface area contributed by atoms with E-state index in [9.17, 15) is 4.79 Å². The summed E-state index contributed by atoms with van der Waals surface area (Å²) in [6.45, 7) is 12.8. The molecule has 0 aliphatic carbocycles. The van der Waals surface area contributed by atoms with Gasteiger partial charge in [-0.25, -0.2) is 4.98 Å². The smallest absolute Gasteiger partial charge is 0.224 e. The quantitative estimate of drug-likeness (QED) is 0.607. The molecule has 1 amide bonds. The Kier molecular flexibility index (Phi) is 6.17. The third-order valence-electron chi connectivity index (χ3n) is 5.13. The molecule has 0 radical (unpaired) electrons. The number of nitrogens with zero attached hydrogens (tertiary/aromatic N) is 4. The van der Waals surface area contributed by atoms with E-state index in [0.717, 1.165) is 53.3 Å². The average molecular weight is 382 g/mol. The van der Waals surface area contributed by atoms with Crippen LogP contribution in [0.3, 0.4) is 0 Å². The summed E-state index contributed by atoms with van der Waals surface area (Å²) in [6, 6.07) is 8.16. The van der Waals surface area contributed by atoms with E-state index in [1.54, 1.807) is 0 Å². The molecule has 1 aromatic carbocycles. The zero-order valence-corrected chi connectivity index (χ0v) is 17.6. The summed E-state index contributed by atoms with van der Waals surface area (Å²) in [5.74, 6) is 1.60. The van der Waals surface area contributed by atoms with Gasteiger partial charge in [-0.2, -0.15) is 5.10 Å². The number of aryl methyl sites for hydroxylation is 3. The Morgan fingerprint density at radius 2 is 1.93 bits per heavy atom. The number of benzene rings is 1. The number of rotatable bonds is 8. The van der Waals surface area contributed by atoms with Gasteiger partial charge in [0.05, 0.1) is 23.1 Å². The molecule has 1 N–H and O–H groups in total. The van der Waals surface area contributed by atoms with E-state index in [4.69, 9.17) is 0 Å². The van der Waals surface area contributed by atoms with E-state index in [1.165, 1.54) is 0 Å². The predicted octanol–water partition coefficient (Wildman–Crippen LogP) is 3.56. The highest BCUT2D eigenvalue weighted by Gasteiger charge is 2.15. The van der Waals surface area contributed by atoms with Gasteiger partial charge in [0.2, 0.25) is 5.91 Å². The highest BCUT2D eigenvalue weighted by Crippen LogP contribution is 2.16. The number of hydrogen-bond donors (Lipinski definition) is 1. The number of aromatic nitrogens is 4. The Labute approximate surface area is 167 Å². The third kappa shape index (κ3) is 4.43. The number of para-hydroxylation sites is 2. The number of hydrogen-bond acceptors (Lipinski definition) is 3. The normalized spacial score (nSPS) is 11.5. The van der Waals surface area contributed by atoms with Crippen LogP contribution in [0.4, 0.5) is 0 Å². The maximum absolute atomic E-state index is 12.4. The van der Waals surface area contributed by atoms with Crippen molar-refractivity contribution in [1.29, 1.82) is 0 Å². The molecular weight excluding hydrogens is 350 g/mol. The minimum Gasteiger partial charge on any atom is -0.356 e. The van der Waals surface area contributed by atoms with Crippen LogP contribution in [-0.4, -0.2) is 31.8 Å². The molecule has 6 nitrogen and oxygen atoms in total. The number of carbonyl (C=O) groups is 1. The van der Waals surface area contributed by atoms with Crippen LogP contribution in [0, 0.1) is 26.7 Å². The first kappa shape index (κ1) is 20.1. The molecule has 0 saturated heterocycles. The molecular formula is C22H31N5O. The zero-order valence-electron chi connectivity index (χ0n) is 17.6. The lowest BCUT2D eigenvalue weighted by Crippen LogP contribution is -2.27. The van der Waals surface area contributed by atoms with Gasteiger partial charge in [-0.05, 0) is 45.2 Å². The fourth-order valence-corrected chi connectivity index (χ4v) is 3.68. The van der Waals surface area contributed by atoms with Crippen LogP contribution in [0.5, 0.6) is 0 Å². The molecule has 2 aromatic heterocycles. The van der Waals surface area contributed by atoms with E-state index in [0.29, 0.717) is 18.9 Å². The number of nitrogens with one attached hydrogen (secondary N) is 1. The van der Waals surface area contributed by atoms with Gasteiger partial charge in [0.1, 0.15) is 5.82 Å². The third-order valence-corrected chi connectivity index (χ3v) is 5.13. The highest BCUT2D eigenvalue weighted by molar-refractivity contribution is 5.79. The minimum absolute atomic E-state index is 0.0579. The van der Waals surface area contributed by atoms with E-state index >= 15 is 0 Å². The summed E-state index contributed by atoms with van der Waals surface area (Å²) in [7, 11) is 0. The van der Waals surface area contributed by atoms with Crippen molar-refractivity contribution in [3.05, 3.63) is 47.0 Å². The lowest BCUT2D eigenvalue weighted by atomic mass is 10.1. The van der Waals surface area contributed by atoms with Crippen LogP contribution in [0.1, 0.15) is 43.0 Å². The molecule has 0 unspecified atom stereocenters. The largest absolute Gasteiger partial charge is 0.356 e. The van der Waals surface area contributed by atoms with Gasteiger partial charge in [-0.15, -0.1) is 0 Å². The molecule has 3 rings (SSSR count). The molecule has 0 bridgehead atoms. The molecule has 150 valence electrons. The summed E-state index contributed by atoms with van der Waals surface area (Å²) in [5.41, 5.74) is 5.27. The molecule has 0 aliphatic rings. The van der Waals surface area contributed by atoms with Gasteiger partial charge in [0, 0.05) is 30.9 Å². The van der Waals surface area contributed by atoms with Crippen LogP contribution in [-0.2, 0) is 24.3 Å². The Morgan fingerprint density at radius 3 is 2.68 bits per heavy atom. The Morgan fingerprint density at radius 1 is 1.18 bits per heavy atom. The maximum Gasteiger partial charge on any atom is 0.224 e. The van der Waals surface area contributed by atoms with Crippen LogP contribution < -0.4 is 5.32 Å². The van der Waals surface area contributed by atoms with Crippen molar-refractivity contribution < 1.29 is 4.79 Å². The fraction of sp³-hybridized carbons (Fsp3) is 0.500. The number of amides is 1. The summed E-state index contributed by atoms with van der Waals surface area (Å²) in [5, 5.41) is 7.65. The fourth-order valence-electron chi connectivity index (χ4n) is 3.68. The molecule has 28 heavy (non-hydrogen) atoms. The van der Waals surface area contributed by atoms with Gasteiger partial charge >= 0.3 is 0 Å². The second-order valence-corrected chi connectivity index (χ2v) is 7.90. The van der Waals surface area contributed by atoms with Crippen molar-refractivity contribution in [3.8, 4) is 0 Å². The molecule has 2 heterocycles. The van der Waals surface area contributed by atoms with Gasteiger partial charge < -0.3 is 9.88 Å². The van der Waals surface area contributed by atoms with Crippen LogP contribution in [0.15, 0.2) is 24.3 Å². The molecule has 0 saturated carbocycles. The lowest BCUT2D eigenvalue weighted by Gasteiger charge is -2.09. The first-order chi connectivity index (χ1) is 13.4. The maximum atomic E-state index is 12.4. The first-order valence-corrected chi connectivity index (χ1v) is 10.1.